The lowest BCUT2D eigenvalue weighted by Crippen LogP contribution is -2.19. The molecular weight excluding hydrogens is 280 g/mol. The number of hydrogen-bond acceptors (Lipinski definition) is 5. The Kier molecular flexibility index (Phi) is 5.79. The Morgan fingerprint density at radius 2 is 2.00 bits per heavy atom. The zero-order chi connectivity index (χ0) is 15.2. The lowest BCUT2D eigenvalue weighted by molar-refractivity contribution is 0.621. The molecule has 2 N–H and O–H groups in total. The summed E-state index contributed by atoms with van der Waals surface area (Å²) in [6.45, 7) is 9.54. The molecule has 4 nitrogen and oxygen atoms in total. The first-order valence-electron chi connectivity index (χ1n) is 8.02. The van der Waals surface area contributed by atoms with E-state index >= 15 is 0 Å². The van der Waals surface area contributed by atoms with Gasteiger partial charge in [0, 0.05) is 17.5 Å². The molecule has 1 atom stereocenters. The molecule has 0 fully saturated rings. The topological polar surface area (TPSA) is 49.8 Å². The number of thiophene rings is 1. The van der Waals surface area contributed by atoms with Crippen molar-refractivity contribution < 1.29 is 0 Å². The molecule has 2 aromatic rings. The molecule has 5 heteroatoms. The van der Waals surface area contributed by atoms with Crippen molar-refractivity contribution in [3.8, 4) is 0 Å². The summed E-state index contributed by atoms with van der Waals surface area (Å²) in [4.78, 5) is 11.7. The minimum Gasteiger partial charge on any atom is -0.367 e. The predicted octanol–water partition coefficient (Wildman–Crippen LogP) is 4.68. The van der Waals surface area contributed by atoms with Crippen LogP contribution in [0.3, 0.4) is 0 Å². The number of aromatic nitrogens is 2. The fourth-order valence-corrected chi connectivity index (χ4v) is 3.38. The Bertz CT molecular complexity index is 579. The van der Waals surface area contributed by atoms with Crippen molar-refractivity contribution in [1.82, 2.24) is 9.97 Å². The summed E-state index contributed by atoms with van der Waals surface area (Å²) in [6, 6.07) is 2.71. The smallest absolute Gasteiger partial charge is 0.226 e. The first-order chi connectivity index (χ1) is 10.2. The second-order valence-electron chi connectivity index (χ2n) is 5.25. The molecule has 0 aliphatic heterocycles. The molecule has 0 amide bonds. The summed E-state index contributed by atoms with van der Waals surface area (Å²) >= 11 is 1.77. The van der Waals surface area contributed by atoms with Gasteiger partial charge in [0.15, 0.2) is 0 Å². The first-order valence-corrected chi connectivity index (χ1v) is 8.84. The standard InChI is InChI=1S/C16H26N4S/c1-5-9-11(6-2)18-14-13-10-12(7-3)21-15(13)20-16(19-14)17-8-4/h10-11H,5-9H2,1-4H3,(H2,17,18,19,20). The van der Waals surface area contributed by atoms with Gasteiger partial charge in [-0.05, 0) is 32.3 Å². The van der Waals surface area contributed by atoms with E-state index < -0.39 is 0 Å². The second-order valence-corrected chi connectivity index (χ2v) is 6.36. The van der Waals surface area contributed by atoms with Gasteiger partial charge in [-0.15, -0.1) is 11.3 Å². The maximum atomic E-state index is 4.68. The zero-order valence-corrected chi connectivity index (χ0v) is 14.3. The number of fused-ring (bicyclic) bond motifs is 1. The highest BCUT2D eigenvalue weighted by molar-refractivity contribution is 7.18. The van der Waals surface area contributed by atoms with Crippen LogP contribution in [-0.4, -0.2) is 22.6 Å². The SMILES string of the molecule is CCCC(CC)Nc1nc(NCC)nc2sc(CC)cc12. The first kappa shape index (κ1) is 16.0. The van der Waals surface area contributed by atoms with E-state index in [0.717, 1.165) is 41.4 Å². The van der Waals surface area contributed by atoms with Crippen LogP contribution in [0.1, 0.15) is 51.8 Å². The highest BCUT2D eigenvalue weighted by Gasteiger charge is 2.14. The Morgan fingerprint density at radius 3 is 2.62 bits per heavy atom. The van der Waals surface area contributed by atoms with Crippen LogP contribution in [0.15, 0.2) is 6.07 Å². The maximum absolute atomic E-state index is 4.68. The van der Waals surface area contributed by atoms with Crippen LogP contribution in [0.25, 0.3) is 10.2 Å². The van der Waals surface area contributed by atoms with Gasteiger partial charge in [-0.1, -0.05) is 27.2 Å². The van der Waals surface area contributed by atoms with E-state index in [1.165, 1.54) is 17.7 Å². The Hall–Kier alpha value is -1.36. The molecule has 2 heterocycles. The van der Waals surface area contributed by atoms with Gasteiger partial charge in [0.05, 0.1) is 5.39 Å². The zero-order valence-electron chi connectivity index (χ0n) is 13.5. The molecule has 116 valence electrons. The highest BCUT2D eigenvalue weighted by Crippen LogP contribution is 2.31. The number of anilines is 2. The minimum absolute atomic E-state index is 0.479. The molecule has 21 heavy (non-hydrogen) atoms. The summed E-state index contributed by atoms with van der Waals surface area (Å²) in [6.07, 6.45) is 4.51. The van der Waals surface area contributed by atoms with Crippen molar-refractivity contribution in [3.05, 3.63) is 10.9 Å². The Balaban J connectivity index is 2.40. The van der Waals surface area contributed by atoms with Gasteiger partial charge in [-0.3, -0.25) is 0 Å². The van der Waals surface area contributed by atoms with E-state index in [4.69, 9.17) is 0 Å². The summed E-state index contributed by atoms with van der Waals surface area (Å²) in [7, 11) is 0. The van der Waals surface area contributed by atoms with Gasteiger partial charge < -0.3 is 10.6 Å². The quantitative estimate of drug-likeness (QED) is 0.743. The van der Waals surface area contributed by atoms with Crippen LogP contribution in [0.4, 0.5) is 11.8 Å². The third kappa shape index (κ3) is 3.84. The van der Waals surface area contributed by atoms with Gasteiger partial charge in [0.2, 0.25) is 5.95 Å². The maximum Gasteiger partial charge on any atom is 0.226 e. The molecule has 0 radical (unpaired) electrons. The fraction of sp³-hybridized carbons (Fsp3) is 0.625. The average molecular weight is 306 g/mol. The van der Waals surface area contributed by atoms with Gasteiger partial charge in [0.1, 0.15) is 10.6 Å². The number of nitrogens with one attached hydrogen (secondary N) is 2. The van der Waals surface area contributed by atoms with E-state index in [1.54, 1.807) is 11.3 Å². The van der Waals surface area contributed by atoms with Crippen LogP contribution in [0.5, 0.6) is 0 Å². The molecule has 2 rings (SSSR count). The van der Waals surface area contributed by atoms with Gasteiger partial charge in [-0.25, -0.2) is 4.98 Å². The van der Waals surface area contributed by atoms with E-state index in [9.17, 15) is 0 Å². The second kappa shape index (κ2) is 7.59. The molecule has 0 saturated carbocycles. The predicted molar refractivity (Wildman–Crippen MR) is 93.6 cm³/mol. The summed E-state index contributed by atoms with van der Waals surface area (Å²) < 4.78 is 0. The molecular formula is C16H26N4S. The number of aryl methyl sites for hydroxylation is 1. The van der Waals surface area contributed by atoms with Crippen molar-refractivity contribution in [2.75, 3.05) is 17.2 Å². The largest absolute Gasteiger partial charge is 0.367 e. The average Bonchev–Trinajstić information content (AvgIpc) is 2.90. The van der Waals surface area contributed by atoms with Crippen molar-refractivity contribution in [2.45, 2.75) is 59.4 Å². The van der Waals surface area contributed by atoms with Gasteiger partial charge in [-0.2, -0.15) is 4.98 Å². The van der Waals surface area contributed by atoms with Crippen LogP contribution in [0.2, 0.25) is 0 Å². The minimum atomic E-state index is 0.479. The van der Waals surface area contributed by atoms with Gasteiger partial charge in [0.25, 0.3) is 0 Å². The number of rotatable bonds is 8. The number of nitrogens with zero attached hydrogens (tertiary/aromatic N) is 2. The summed E-state index contributed by atoms with van der Waals surface area (Å²) in [5.74, 6) is 1.70. The summed E-state index contributed by atoms with van der Waals surface area (Å²) in [5.41, 5.74) is 0. The van der Waals surface area contributed by atoms with E-state index in [1.807, 2.05) is 0 Å². The van der Waals surface area contributed by atoms with Crippen LogP contribution >= 0.6 is 11.3 Å². The monoisotopic (exact) mass is 306 g/mol. The number of hydrogen-bond donors (Lipinski definition) is 2. The van der Waals surface area contributed by atoms with E-state index in [0.29, 0.717) is 6.04 Å². The lowest BCUT2D eigenvalue weighted by atomic mass is 10.1. The molecule has 2 aromatic heterocycles. The van der Waals surface area contributed by atoms with Crippen molar-refractivity contribution >= 4 is 33.3 Å². The van der Waals surface area contributed by atoms with Gasteiger partial charge >= 0.3 is 0 Å². The molecule has 0 aliphatic rings. The molecule has 0 bridgehead atoms. The summed E-state index contributed by atoms with van der Waals surface area (Å²) in [5, 5.41) is 8.02. The van der Waals surface area contributed by atoms with Crippen LogP contribution in [-0.2, 0) is 6.42 Å². The van der Waals surface area contributed by atoms with E-state index in [2.05, 4.69) is 54.4 Å². The lowest BCUT2D eigenvalue weighted by Gasteiger charge is -2.17. The molecule has 0 saturated heterocycles. The molecule has 0 aliphatic carbocycles. The molecule has 0 spiro atoms. The highest BCUT2D eigenvalue weighted by atomic mass is 32.1. The molecule has 1 unspecified atom stereocenters. The van der Waals surface area contributed by atoms with Crippen molar-refractivity contribution in [2.24, 2.45) is 0 Å². The Morgan fingerprint density at radius 1 is 1.19 bits per heavy atom. The van der Waals surface area contributed by atoms with E-state index in [-0.39, 0.29) is 0 Å². The third-order valence-corrected chi connectivity index (χ3v) is 4.77. The van der Waals surface area contributed by atoms with Crippen LogP contribution in [0, 0.1) is 0 Å². The van der Waals surface area contributed by atoms with Crippen molar-refractivity contribution in [3.63, 3.8) is 0 Å². The fourth-order valence-electron chi connectivity index (χ4n) is 2.41. The molecule has 0 aromatic carbocycles. The van der Waals surface area contributed by atoms with Crippen molar-refractivity contribution in [1.29, 1.82) is 0 Å². The normalized spacial score (nSPS) is 12.6. The Labute approximate surface area is 131 Å². The van der Waals surface area contributed by atoms with Crippen LogP contribution < -0.4 is 10.6 Å². The third-order valence-electron chi connectivity index (χ3n) is 3.60.